The monoisotopic (exact) mass is 796 g/mol. The first-order valence-corrected chi connectivity index (χ1v) is 20.2. The lowest BCUT2D eigenvalue weighted by Crippen LogP contribution is -2.30. The zero-order chi connectivity index (χ0) is 39.6. The molecule has 1 atom stereocenters. The Morgan fingerprint density at radius 3 is 2.33 bits per heavy atom. The van der Waals surface area contributed by atoms with Gasteiger partial charge in [0.1, 0.15) is 21.7 Å². The molecule has 0 spiro atoms. The van der Waals surface area contributed by atoms with Crippen LogP contribution in [0.2, 0.25) is 0 Å². The number of amides is 3. The van der Waals surface area contributed by atoms with Gasteiger partial charge in [-0.15, -0.1) is 23.1 Å². The number of carbonyl (C=O) groups is 4. The van der Waals surface area contributed by atoms with Gasteiger partial charge in [-0.25, -0.2) is 4.79 Å². The van der Waals surface area contributed by atoms with Gasteiger partial charge in [-0.05, 0) is 72.5 Å². The van der Waals surface area contributed by atoms with Crippen LogP contribution in [0.1, 0.15) is 60.2 Å². The summed E-state index contributed by atoms with van der Waals surface area (Å²) in [6.07, 6.45) is 3.59. The summed E-state index contributed by atoms with van der Waals surface area (Å²) in [5, 5.41) is 8.46. The normalized spacial score (nSPS) is 13.2. The standard InChI is InChI=1S/C45H40N4O6S2/c1-2-54-45(53)39-36-23-24-49(28-30-14-6-3-7-15-30)29-38(36)57-44(39)48-43(52)40(31-16-8-4-9-17-31)56-35-22-12-20-33(26-35)46-42(51)37(27-34-21-13-25-55-34)47-41(50)32-18-10-5-11-19-32/h3-22,25-27,40H,2,23-24,28-29H2,1H3,(H,46,51)(H,47,50)(H,48,52)/b37-27-. The largest absolute Gasteiger partial charge is 0.465 e. The van der Waals surface area contributed by atoms with Crippen molar-refractivity contribution in [1.82, 2.24) is 10.2 Å². The Hall–Kier alpha value is -6.21. The van der Waals surface area contributed by atoms with Crippen molar-refractivity contribution in [3.05, 3.63) is 178 Å². The number of nitrogens with one attached hydrogen (secondary N) is 3. The minimum Gasteiger partial charge on any atom is -0.465 e. The van der Waals surface area contributed by atoms with Crippen LogP contribution in [0.25, 0.3) is 6.08 Å². The molecule has 2 aromatic heterocycles. The second-order valence-electron chi connectivity index (χ2n) is 13.1. The van der Waals surface area contributed by atoms with Crippen LogP contribution in [0, 0.1) is 0 Å². The molecule has 1 aliphatic rings. The molecule has 0 saturated heterocycles. The van der Waals surface area contributed by atoms with Gasteiger partial charge in [0.2, 0.25) is 5.91 Å². The molecule has 288 valence electrons. The number of furan rings is 1. The van der Waals surface area contributed by atoms with Crippen LogP contribution in [0.15, 0.2) is 149 Å². The van der Waals surface area contributed by atoms with E-state index in [1.54, 1.807) is 67.6 Å². The highest BCUT2D eigenvalue weighted by Crippen LogP contribution is 2.41. The highest BCUT2D eigenvalue weighted by molar-refractivity contribution is 8.00. The Morgan fingerprint density at radius 2 is 1.61 bits per heavy atom. The Bertz CT molecular complexity index is 2360. The predicted octanol–water partition coefficient (Wildman–Crippen LogP) is 8.96. The molecule has 1 aliphatic heterocycles. The number of nitrogens with zero attached hydrogens (tertiary/aromatic N) is 1. The van der Waals surface area contributed by atoms with Gasteiger partial charge in [-0.2, -0.15) is 0 Å². The lowest BCUT2D eigenvalue weighted by atomic mass is 10.0. The SMILES string of the molecule is CCOC(=O)c1c(NC(=O)C(Sc2cccc(NC(=O)/C(=C/c3ccco3)NC(=O)c3ccccc3)c2)c2ccccc2)sc2c1CCN(Cc1ccccc1)C2. The van der Waals surface area contributed by atoms with E-state index < -0.39 is 23.0 Å². The molecule has 6 aromatic rings. The number of fused-ring (bicyclic) bond motifs is 1. The number of thioether (sulfide) groups is 1. The van der Waals surface area contributed by atoms with E-state index in [2.05, 4.69) is 33.0 Å². The summed E-state index contributed by atoms with van der Waals surface area (Å²) in [6, 6.07) is 38.8. The molecule has 7 rings (SSSR count). The molecule has 0 radical (unpaired) electrons. The van der Waals surface area contributed by atoms with Gasteiger partial charge in [-0.3, -0.25) is 19.3 Å². The van der Waals surface area contributed by atoms with E-state index in [-0.39, 0.29) is 18.2 Å². The second kappa shape index (κ2) is 18.6. The second-order valence-corrected chi connectivity index (χ2v) is 15.4. The topological polar surface area (TPSA) is 130 Å². The van der Waals surface area contributed by atoms with E-state index in [4.69, 9.17) is 9.15 Å². The maximum atomic E-state index is 14.4. The number of anilines is 2. The molecule has 4 aromatic carbocycles. The van der Waals surface area contributed by atoms with E-state index in [9.17, 15) is 19.2 Å². The Morgan fingerprint density at radius 1 is 0.877 bits per heavy atom. The number of benzene rings is 4. The fraction of sp³-hybridized carbons (Fsp3) is 0.156. The molecule has 1 unspecified atom stereocenters. The third-order valence-corrected chi connectivity index (χ3v) is 11.5. The number of hydrogen-bond acceptors (Lipinski definition) is 9. The van der Waals surface area contributed by atoms with E-state index in [0.717, 1.165) is 29.1 Å². The van der Waals surface area contributed by atoms with Crippen molar-refractivity contribution in [3.63, 3.8) is 0 Å². The molecule has 10 nitrogen and oxygen atoms in total. The van der Waals surface area contributed by atoms with Crippen LogP contribution in [0.5, 0.6) is 0 Å². The van der Waals surface area contributed by atoms with Gasteiger partial charge >= 0.3 is 5.97 Å². The molecule has 57 heavy (non-hydrogen) atoms. The van der Waals surface area contributed by atoms with Gasteiger partial charge in [0.15, 0.2) is 0 Å². The first-order chi connectivity index (χ1) is 27.8. The minimum absolute atomic E-state index is 0.0161. The van der Waals surface area contributed by atoms with Crippen LogP contribution in [0.4, 0.5) is 10.7 Å². The summed E-state index contributed by atoms with van der Waals surface area (Å²) < 4.78 is 10.9. The molecule has 3 heterocycles. The van der Waals surface area contributed by atoms with Crippen molar-refractivity contribution in [2.45, 2.75) is 36.6 Å². The van der Waals surface area contributed by atoms with Crippen molar-refractivity contribution < 1.29 is 28.3 Å². The number of rotatable bonds is 14. The number of esters is 1. The Kier molecular flexibility index (Phi) is 12.8. The number of ether oxygens (including phenoxy) is 1. The van der Waals surface area contributed by atoms with E-state index in [1.165, 1.54) is 41.0 Å². The third kappa shape index (κ3) is 9.97. The lowest BCUT2D eigenvalue weighted by molar-refractivity contribution is -0.116. The quantitative estimate of drug-likeness (QED) is 0.0566. The molecular weight excluding hydrogens is 757 g/mol. The highest BCUT2D eigenvalue weighted by Gasteiger charge is 2.32. The van der Waals surface area contributed by atoms with Crippen LogP contribution >= 0.6 is 23.1 Å². The molecule has 3 amide bonds. The van der Waals surface area contributed by atoms with E-state index in [1.807, 2.05) is 54.6 Å². The average Bonchev–Trinajstić information content (AvgIpc) is 3.88. The zero-order valence-electron chi connectivity index (χ0n) is 31.1. The van der Waals surface area contributed by atoms with Crippen molar-refractivity contribution in [3.8, 4) is 0 Å². The van der Waals surface area contributed by atoms with Crippen molar-refractivity contribution in [2.24, 2.45) is 0 Å². The van der Waals surface area contributed by atoms with Crippen molar-refractivity contribution >= 4 is 63.6 Å². The van der Waals surface area contributed by atoms with Gasteiger partial charge in [-0.1, -0.05) is 84.9 Å². The van der Waals surface area contributed by atoms with E-state index >= 15 is 0 Å². The molecule has 12 heteroatoms. The summed E-state index contributed by atoms with van der Waals surface area (Å²) in [7, 11) is 0. The van der Waals surface area contributed by atoms with Gasteiger partial charge < -0.3 is 25.1 Å². The first kappa shape index (κ1) is 39.0. The van der Waals surface area contributed by atoms with Crippen molar-refractivity contribution in [2.75, 3.05) is 23.8 Å². The molecule has 0 bridgehead atoms. The predicted molar refractivity (Wildman–Crippen MR) is 224 cm³/mol. The highest BCUT2D eigenvalue weighted by atomic mass is 32.2. The summed E-state index contributed by atoms with van der Waals surface area (Å²) in [5.74, 6) is -1.39. The summed E-state index contributed by atoms with van der Waals surface area (Å²) in [6.45, 7) is 4.19. The smallest absolute Gasteiger partial charge is 0.341 e. The molecule has 3 N–H and O–H groups in total. The van der Waals surface area contributed by atoms with Crippen molar-refractivity contribution in [1.29, 1.82) is 0 Å². The molecule has 0 fully saturated rings. The number of carbonyl (C=O) groups excluding carboxylic acids is 4. The lowest BCUT2D eigenvalue weighted by Gasteiger charge is -2.27. The summed E-state index contributed by atoms with van der Waals surface area (Å²) in [4.78, 5) is 58.6. The fourth-order valence-electron chi connectivity index (χ4n) is 6.46. The Labute approximate surface area is 338 Å². The number of thiophene rings is 1. The van der Waals surface area contributed by atoms with Crippen LogP contribution < -0.4 is 16.0 Å². The third-order valence-electron chi connectivity index (χ3n) is 9.15. The number of hydrogen-bond donors (Lipinski definition) is 3. The van der Waals surface area contributed by atoms with Gasteiger partial charge in [0.25, 0.3) is 11.8 Å². The first-order valence-electron chi connectivity index (χ1n) is 18.5. The maximum absolute atomic E-state index is 14.4. The molecule has 0 saturated carbocycles. The summed E-state index contributed by atoms with van der Waals surface area (Å²) >= 11 is 2.73. The maximum Gasteiger partial charge on any atom is 0.341 e. The van der Waals surface area contributed by atoms with E-state index in [0.29, 0.717) is 45.4 Å². The minimum atomic E-state index is -0.722. The summed E-state index contributed by atoms with van der Waals surface area (Å²) in [5.41, 5.74) is 4.14. The van der Waals surface area contributed by atoms with Crippen LogP contribution in [-0.2, 0) is 33.8 Å². The fourth-order valence-corrected chi connectivity index (χ4v) is 8.82. The molecule has 0 aliphatic carbocycles. The zero-order valence-corrected chi connectivity index (χ0v) is 32.7. The van der Waals surface area contributed by atoms with Gasteiger partial charge in [0, 0.05) is 46.7 Å². The van der Waals surface area contributed by atoms with Crippen LogP contribution in [0.3, 0.4) is 0 Å². The van der Waals surface area contributed by atoms with Gasteiger partial charge in [0.05, 0.1) is 18.4 Å². The molecular formula is C45H40N4O6S2. The average molecular weight is 797 g/mol. The Balaban J connectivity index is 1.11. The van der Waals surface area contributed by atoms with Crippen LogP contribution in [-0.4, -0.2) is 41.7 Å².